The van der Waals surface area contributed by atoms with Gasteiger partial charge in [0.1, 0.15) is 11.6 Å². The minimum atomic E-state index is -0.386. The molecule has 180 valence electrons. The zero-order chi connectivity index (χ0) is 24.0. The van der Waals surface area contributed by atoms with Crippen molar-refractivity contribution in [2.75, 3.05) is 13.7 Å². The Bertz CT molecular complexity index is 1220. The lowest BCUT2D eigenvalue weighted by molar-refractivity contribution is 0.0571. The minimum absolute atomic E-state index is 0.0161. The average molecular weight is 468 g/mol. The van der Waals surface area contributed by atoms with E-state index in [1.165, 1.54) is 12.1 Å². The molecule has 2 unspecified atom stereocenters. The normalized spacial score (nSPS) is 22.0. The molecule has 5 rings (SSSR count). The molecule has 0 saturated carbocycles. The number of benzene rings is 2. The number of nitrogens with zero attached hydrogens (tertiary/aromatic N) is 2. The first-order valence-electron chi connectivity index (χ1n) is 12.0. The summed E-state index contributed by atoms with van der Waals surface area (Å²) in [5.41, 5.74) is 9.45. The summed E-state index contributed by atoms with van der Waals surface area (Å²) in [4.78, 5) is 15.8. The molecule has 2 aromatic carbocycles. The van der Waals surface area contributed by atoms with Crippen LogP contribution in [-0.2, 0) is 17.8 Å². The van der Waals surface area contributed by atoms with Gasteiger partial charge in [0, 0.05) is 43.9 Å². The molecular formula is C27H31F2N3O2. The second-order valence-corrected chi connectivity index (χ2v) is 9.64. The van der Waals surface area contributed by atoms with Gasteiger partial charge in [0.2, 0.25) is 0 Å². The van der Waals surface area contributed by atoms with E-state index in [0.717, 1.165) is 29.5 Å². The molecule has 0 radical (unpaired) electrons. The van der Waals surface area contributed by atoms with Crippen molar-refractivity contribution in [3.8, 4) is 0 Å². The van der Waals surface area contributed by atoms with E-state index in [1.807, 2.05) is 22.5 Å². The Hall–Kier alpha value is -2.77. The molecule has 3 heterocycles. The van der Waals surface area contributed by atoms with E-state index >= 15 is 4.39 Å². The molecule has 2 atom stereocenters. The van der Waals surface area contributed by atoms with Crippen molar-refractivity contribution in [3.63, 3.8) is 0 Å². The first-order valence-corrected chi connectivity index (χ1v) is 12.0. The van der Waals surface area contributed by atoms with Crippen LogP contribution in [0.2, 0.25) is 0 Å². The number of fused-ring (bicyclic) bond motifs is 3. The van der Waals surface area contributed by atoms with Crippen molar-refractivity contribution in [2.24, 2.45) is 5.73 Å². The Morgan fingerprint density at radius 3 is 2.50 bits per heavy atom. The number of ether oxygens (including phenoxy) is 1. The number of halogens is 2. The Kier molecular flexibility index (Phi) is 6.16. The summed E-state index contributed by atoms with van der Waals surface area (Å²) in [5, 5.41) is 0.379. The molecule has 2 aliphatic heterocycles. The molecule has 2 N–H and O–H groups in total. The van der Waals surface area contributed by atoms with E-state index < -0.39 is 0 Å². The van der Waals surface area contributed by atoms with Crippen LogP contribution < -0.4 is 5.73 Å². The highest BCUT2D eigenvalue weighted by atomic mass is 19.1. The second kappa shape index (κ2) is 9.12. The number of aryl methyl sites for hydroxylation is 1. The molecule has 5 nitrogen and oxygen atoms in total. The van der Waals surface area contributed by atoms with E-state index in [2.05, 4.69) is 0 Å². The van der Waals surface area contributed by atoms with Crippen LogP contribution in [0.25, 0.3) is 10.9 Å². The van der Waals surface area contributed by atoms with Crippen LogP contribution in [0.3, 0.4) is 0 Å². The van der Waals surface area contributed by atoms with Crippen molar-refractivity contribution in [3.05, 3.63) is 70.4 Å². The molecule has 0 spiro atoms. The summed E-state index contributed by atoms with van der Waals surface area (Å²) in [6.45, 7) is 3.31. The van der Waals surface area contributed by atoms with Gasteiger partial charge in [0.25, 0.3) is 5.91 Å². The van der Waals surface area contributed by atoms with E-state index in [4.69, 9.17) is 10.5 Å². The largest absolute Gasteiger partial charge is 0.383 e. The molecule has 2 bridgehead atoms. The summed E-state index contributed by atoms with van der Waals surface area (Å²) >= 11 is 0. The van der Waals surface area contributed by atoms with E-state index in [-0.39, 0.29) is 35.5 Å². The van der Waals surface area contributed by atoms with Gasteiger partial charge in [0.15, 0.2) is 0 Å². The van der Waals surface area contributed by atoms with E-state index in [1.54, 1.807) is 25.4 Å². The summed E-state index contributed by atoms with van der Waals surface area (Å²) in [7, 11) is 1.62. The summed E-state index contributed by atoms with van der Waals surface area (Å²) in [6.07, 6.45) is 4.95. The van der Waals surface area contributed by atoms with E-state index in [0.29, 0.717) is 49.1 Å². The van der Waals surface area contributed by atoms with Gasteiger partial charge < -0.3 is 19.9 Å². The smallest absolute Gasteiger partial charge is 0.256 e. The third-order valence-corrected chi connectivity index (χ3v) is 7.64. The number of piperidine rings is 1. The van der Waals surface area contributed by atoms with Crippen LogP contribution in [-0.4, -0.2) is 41.2 Å². The van der Waals surface area contributed by atoms with Crippen molar-refractivity contribution in [1.29, 1.82) is 0 Å². The van der Waals surface area contributed by atoms with Crippen LogP contribution in [0.4, 0.5) is 8.78 Å². The second-order valence-electron chi connectivity index (χ2n) is 9.64. The van der Waals surface area contributed by atoms with Gasteiger partial charge in [-0.1, -0.05) is 18.2 Å². The monoisotopic (exact) mass is 467 g/mol. The number of methoxy groups -OCH3 is 1. The number of carbonyl (C=O) groups excluding carboxylic acids is 1. The fourth-order valence-corrected chi connectivity index (χ4v) is 6.04. The van der Waals surface area contributed by atoms with Gasteiger partial charge in [-0.2, -0.15) is 0 Å². The Balaban J connectivity index is 1.48. The van der Waals surface area contributed by atoms with Crippen LogP contribution in [0, 0.1) is 18.6 Å². The molecule has 34 heavy (non-hydrogen) atoms. The van der Waals surface area contributed by atoms with Crippen molar-refractivity contribution >= 4 is 16.8 Å². The fraction of sp³-hybridized carbons (Fsp3) is 0.444. The van der Waals surface area contributed by atoms with Crippen LogP contribution >= 0.6 is 0 Å². The number of hydrogen-bond donors (Lipinski definition) is 1. The predicted octanol–water partition coefficient (Wildman–Crippen LogP) is 4.88. The zero-order valence-corrected chi connectivity index (χ0v) is 19.7. The highest BCUT2D eigenvalue weighted by molar-refractivity contribution is 6.08. The van der Waals surface area contributed by atoms with Gasteiger partial charge in [-0.25, -0.2) is 8.78 Å². The Morgan fingerprint density at radius 1 is 1.12 bits per heavy atom. The SMILES string of the molecule is COCCn1cc(C(=O)N2C3CCC2CC(c2cc(CN)ccc2F)C3)c2c(F)ccc(C)c21. The molecular weight excluding hydrogens is 436 g/mol. The molecule has 2 aliphatic rings. The van der Waals surface area contributed by atoms with Gasteiger partial charge >= 0.3 is 0 Å². The third-order valence-electron chi connectivity index (χ3n) is 7.64. The predicted molar refractivity (Wildman–Crippen MR) is 128 cm³/mol. The number of amides is 1. The lowest BCUT2D eigenvalue weighted by Crippen LogP contribution is -2.46. The number of carbonyl (C=O) groups is 1. The highest BCUT2D eigenvalue weighted by Crippen LogP contribution is 2.45. The topological polar surface area (TPSA) is 60.5 Å². The molecule has 1 aromatic heterocycles. The maximum absolute atomic E-state index is 15.0. The molecule has 1 amide bonds. The van der Waals surface area contributed by atoms with Crippen molar-refractivity contribution in [2.45, 2.75) is 63.7 Å². The molecule has 7 heteroatoms. The number of nitrogens with two attached hydrogens (primary N) is 1. The first-order chi connectivity index (χ1) is 16.4. The van der Waals surface area contributed by atoms with Gasteiger partial charge in [0.05, 0.1) is 17.7 Å². The molecule has 0 aliphatic carbocycles. The standard InChI is InChI=1S/C27H31F2N3O2/c1-16-3-7-24(29)25-22(15-31(26(16)25)9-10-34-2)27(33)32-19-5-6-20(32)13-18(12-19)21-11-17(14-30)4-8-23(21)28/h3-4,7-8,11,15,18-20H,5-6,9-10,12-14,30H2,1-2H3. The lowest BCUT2D eigenvalue weighted by atomic mass is 9.84. The van der Waals surface area contributed by atoms with E-state index in [9.17, 15) is 9.18 Å². The summed E-state index contributed by atoms with van der Waals surface area (Å²) < 4.78 is 36.9. The van der Waals surface area contributed by atoms with Gasteiger partial charge in [-0.15, -0.1) is 0 Å². The van der Waals surface area contributed by atoms with Gasteiger partial charge in [-0.05, 0) is 67.3 Å². The summed E-state index contributed by atoms with van der Waals surface area (Å²) in [6, 6.07) is 8.31. The van der Waals surface area contributed by atoms with Crippen LogP contribution in [0.15, 0.2) is 36.5 Å². The third kappa shape index (κ3) is 3.81. The Morgan fingerprint density at radius 2 is 1.82 bits per heavy atom. The quantitative estimate of drug-likeness (QED) is 0.562. The number of rotatable bonds is 6. The fourth-order valence-electron chi connectivity index (χ4n) is 6.04. The highest BCUT2D eigenvalue weighted by Gasteiger charge is 2.45. The average Bonchev–Trinajstić information content (AvgIpc) is 3.35. The van der Waals surface area contributed by atoms with Crippen LogP contribution in [0.1, 0.15) is 58.6 Å². The van der Waals surface area contributed by atoms with Crippen molar-refractivity contribution in [1.82, 2.24) is 9.47 Å². The molecule has 3 aromatic rings. The number of hydrogen-bond acceptors (Lipinski definition) is 3. The number of aromatic nitrogens is 1. The molecule has 2 fully saturated rings. The summed E-state index contributed by atoms with van der Waals surface area (Å²) in [5.74, 6) is -0.675. The maximum atomic E-state index is 15.0. The Labute approximate surface area is 198 Å². The minimum Gasteiger partial charge on any atom is -0.383 e. The van der Waals surface area contributed by atoms with Crippen LogP contribution in [0.5, 0.6) is 0 Å². The maximum Gasteiger partial charge on any atom is 0.256 e. The first kappa shape index (κ1) is 23.0. The zero-order valence-electron chi connectivity index (χ0n) is 19.7. The molecule has 2 saturated heterocycles. The lowest BCUT2D eigenvalue weighted by Gasteiger charge is -2.39. The van der Waals surface area contributed by atoms with Crippen molar-refractivity contribution < 1.29 is 18.3 Å². The van der Waals surface area contributed by atoms with Gasteiger partial charge in [-0.3, -0.25) is 4.79 Å².